The van der Waals surface area contributed by atoms with Crippen molar-refractivity contribution in [3.05, 3.63) is 47.2 Å². The second-order valence-electron chi connectivity index (χ2n) is 8.31. The topological polar surface area (TPSA) is 98.7 Å². The molecule has 0 aliphatic carbocycles. The lowest BCUT2D eigenvalue weighted by Gasteiger charge is -2.39. The standard InChI is InChI=1S/C22H29N5O4/c1-15-8-23-19(24-9-15)11-25-20(28)18-7-22(14-30-18)13-27(4-5-31-22)12-17-6-16(2)21(29-3)26-10-17/h6,8-10,18H,4-5,7,11-14H2,1-3H3,(H,25,28)/t18-,22+/m0/s1. The van der Waals surface area contributed by atoms with Gasteiger partial charge < -0.3 is 19.5 Å². The van der Waals surface area contributed by atoms with Gasteiger partial charge in [0.2, 0.25) is 11.8 Å². The van der Waals surface area contributed by atoms with Gasteiger partial charge in [-0.3, -0.25) is 9.69 Å². The average Bonchev–Trinajstić information content (AvgIpc) is 3.16. The van der Waals surface area contributed by atoms with Crippen LogP contribution in [0.25, 0.3) is 0 Å². The van der Waals surface area contributed by atoms with Gasteiger partial charge in [-0.15, -0.1) is 0 Å². The van der Waals surface area contributed by atoms with Gasteiger partial charge in [-0.25, -0.2) is 15.0 Å². The van der Waals surface area contributed by atoms with Crippen molar-refractivity contribution in [2.24, 2.45) is 0 Å². The summed E-state index contributed by atoms with van der Waals surface area (Å²) >= 11 is 0. The van der Waals surface area contributed by atoms with E-state index in [4.69, 9.17) is 14.2 Å². The first-order chi connectivity index (χ1) is 15.0. The smallest absolute Gasteiger partial charge is 0.249 e. The third kappa shape index (κ3) is 5.17. The highest BCUT2D eigenvalue weighted by Gasteiger charge is 2.46. The molecule has 166 valence electrons. The van der Waals surface area contributed by atoms with E-state index >= 15 is 0 Å². The molecule has 2 aromatic rings. The maximum absolute atomic E-state index is 12.6. The summed E-state index contributed by atoms with van der Waals surface area (Å²) in [5, 5.41) is 2.87. The maximum Gasteiger partial charge on any atom is 0.249 e. The monoisotopic (exact) mass is 427 g/mol. The molecule has 2 fully saturated rings. The number of hydrogen-bond donors (Lipinski definition) is 1. The lowest BCUT2D eigenvalue weighted by atomic mass is 9.97. The minimum absolute atomic E-state index is 0.156. The van der Waals surface area contributed by atoms with Crippen LogP contribution in [-0.2, 0) is 27.4 Å². The molecular weight excluding hydrogens is 398 g/mol. The Hall–Kier alpha value is -2.62. The molecule has 1 amide bonds. The number of carbonyl (C=O) groups excluding carboxylic acids is 1. The van der Waals surface area contributed by atoms with Gasteiger partial charge >= 0.3 is 0 Å². The van der Waals surface area contributed by atoms with E-state index in [1.165, 1.54) is 0 Å². The van der Waals surface area contributed by atoms with Crippen molar-refractivity contribution in [1.82, 2.24) is 25.2 Å². The van der Waals surface area contributed by atoms with Gasteiger partial charge in [0.05, 0.1) is 26.9 Å². The number of ether oxygens (including phenoxy) is 3. The Morgan fingerprint density at radius 2 is 2.10 bits per heavy atom. The summed E-state index contributed by atoms with van der Waals surface area (Å²) in [6.45, 7) is 7.52. The highest BCUT2D eigenvalue weighted by Crippen LogP contribution is 2.32. The second-order valence-corrected chi connectivity index (χ2v) is 8.31. The Kier molecular flexibility index (Phi) is 6.45. The number of rotatable bonds is 6. The van der Waals surface area contributed by atoms with Crippen molar-refractivity contribution < 1.29 is 19.0 Å². The summed E-state index contributed by atoms with van der Waals surface area (Å²) in [6.07, 6.45) is 5.32. The fourth-order valence-corrected chi connectivity index (χ4v) is 4.12. The minimum Gasteiger partial charge on any atom is -0.481 e. The minimum atomic E-state index is -0.532. The third-order valence-electron chi connectivity index (χ3n) is 5.67. The summed E-state index contributed by atoms with van der Waals surface area (Å²) < 4.78 is 17.2. The van der Waals surface area contributed by atoms with Crippen LogP contribution in [0.4, 0.5) is 0 Å². The molecule has 1 N–H and O–H groups in total. The SMILES string of the molecule is COc1ncc(CN2CCO[C@@]3(CO[C@H](C(=O)NCc4ncc(C)cn4)C3)C2)cc1C. The first kappa shape index (κ1) is 21.6. The molecule has 0 unspecified atom stereocenters. The Morgan fingerprint density at radius 1 is 1.29 bits per heavy atom. The molecule has 2 aliphatic rings. The molecule has 0 saturated carbocycles. The molecule has 2 aromatic heterocycles. The Morgan fingerprint density at radius 3 is 2.84 bits per heavy atom. The van der Waals surface area contributed by atoms with Gasteiger partial charge in [0.15, 0.2) is 0 Å². The van der Waals surface area contributed by atoms with E-state index in [0.29, 0.717) is 37.9 Å². The van der Waals surface area contributed by atoms with E-state index in [9.17, 15) is 4.79 Å². The van der Waals surface area contributed by atoms with Crippen LogP contribution >= 0.6 is 0 Å². The summed E-state index contributed by atoms with van der Waals surface area (Å²) in [7, 11) is 1.63. The molecule has 31 heavy (non-hydrogen) atoms. The average molecular weight is 428 g/mol. The van der Waals surface area contributed by atoms with Gasteiger partial charge in [0.1, 0.15) is 17.5 Å². The van der Waals surface area contributed by atoms with Gasteiger partial charge in [0.25, 0.3) is 0 Å². The van der Waals surface area contributed by atoms with E-state index in [1.807, 2.05) is 20.0 Å². The van der Waals surface area contributed by atoms with Crippen LogP contribution in [0.3, 0.4) is 0 Å². The molecule has 9 heteroatoms. The van der Waals surface area contributed by atoms with Gasteiger partial charge in [0, 0.05) is 50.2 Å². The quantitative estimate of drug-likeness (QED) is 0.734. The fourth-order valence-electron chi connectivity index (χ4n) is 4.12. The molecule has 2 saturated heterocycles. The molecule has 4 heterocycles. The Balaban J connectivity index is 1.31. The first-order valence-electron chi connectivity index (χ1n) is 10.5. The molecule has 0 radical (unpaired) electrons. The number of hydrogen-bond acceptors (Lipinski definition) is 8. The Bertz CT molecular complexity index is 923. The maximum atomic E-state index is 12.6. The van der Waals surface area contributed by atoms with Gasteiger partial charge in [-0.1, -0.05) is 0 Å². The van der Waals surface area contributed by atoms with Crippen LogP contribution in [0.5, 0.6) is 5.88 Å². The molecule has 2 atom stereocenters. The van der Waals surface area contributed by atoms with Crippen molar-refractivity contribution in [3.8, 4) is 5.88 Å². The number of nitrogens with one attached hydrogen (secondary N) is 1. The number of aromatic nitrogens is 3. The summed E-state index contributed by atoms with van der Waals surface area (Å²) in [6, 6.07) is 2.10. The van der Waals surface area contributed by atoms with E-state index in [0.717, 1.165) is 29.8 Å². The highest BCUT2D eigenvalue weighted by molar-refractivity contribution is 5.81. The van der Waals surface area contributed by atoms with Gasteiger partial charge in [-0.05, 0) is 31.0 Å². The van der Waals surface area contributed by atoms with Crippen molar-refractivity contribution >= 4 is 5.91 Å². The lowest BCUT2D eigenvalue weighted by Crippen LogP contribution is -2.52. The number of carbonyl (C=O) groups is 1. The zero-order valence-corrected chi connectivity index (χ0v) is 18.3. The van der Waals surface area contributed by atoms with E-state index in [-0.39, 0.29) is 12.5 Å². The molecule has 0 bridgehead atoms. The van der Waals surface area contributed by atoms with Crippen LogP contribution in [0, 0.1) is 13.8 Å². The Labute approximate surface area is 182 Å². The number of nitrogens with zero attached hydrogens (tertiary/aromatic N) is 4. The zero-order valence-electron chi connectivity index (χ0n) is 18.3. The van der Waals surface area contributed by atoms with Crippen molar-refractivity contribution in [2.45, 2.75) is 45.1 Å². The molecule has 2 aliphatic heterocycles. The number of aryl methyl sites for hydroxylation is 2. The molecule has 9 nitrogen and oxygen atoms in total. The summed E-state index contributed by atoms with van der Waals surface area (Å²) in [5.74, 6) is 1.07. The molecule has 0 aromatic carbocycles. The first-order valence-corrected chi connectivity index (χ1v) is 10.5. The van der Waals surface area contributed by atoms with Crippen LogP contribution in [-0.4, -0.2) is 70.9 Å². The predicted molar refractivity (Wildman–Crippen MR) is 112 cm³/mol. The highest BCUT2D eigenvalue weighted by atomic mass is 16.6. The van der Waals surface area contributed by atoms with Crippen LogP contribution in [0.15, 0.2) is 24.7 Å². The van der Waals surface area contributed by atoms with Crippen LogP contribution < -0.4 is 10.1 Å². The number of amides is 1. The van der Waals surface area contributed by atoms with Crippen LogP contribution in [0.1, 0.15) is 28.9 Å². The fraction of sp³-hybridized carbons (Fsp3) is 0.545. The molecular formula is C22H29N5O4. The van der Waals surface area contributed by atoms with E-state index in [1.54, 1.807) is 19.5 Å². The normalized spacial score (nSPS) is 23.8. The molecule has 4 rings (SSSR count). The van der Waals surface area contributed by atoms with E-state index < -0.39 is 11.7 Å². The summed E-state index contributed by atoms with van der Waals surface area (Å²) in [5.41, 5.74) is 2.66. The number of methoxy groups -OCH3 is 1. The predicted octanol–water partition coefficient (Wildman–Crippen LogP) is 1.17. The lowest BCUT2D eigenvalue weighted by molar-refractivity contribution is -0.130. The zero-order chi connectivity index (χ0) is 21.8. The van der Waals surface area contributed by atoms with Crippen LogP contribution in [0.2, 0.25) is 0 Å². The van der Waals surface area contributed by atoms with Crippen molar-refractivity contribution in [3.63, 3.8) is 0 Å². The van der Waals surface area contributed by atoms with Crippen molar-refractivity contribution in [2.75, 3.05) is 33.4 Å². The number of pyridine rings is 1. The largest absolute Gasteiger partial charge is 0.481 e. The van der Waals surface area contributed by atoms with E-state index in [2.05, 4.69) is 31.2 Å². The second kappa shape index (κ2) is 9.25. The number of morpholine rings is 1. The van der Waals surface area contributed by atoms with Crippen molar-refractivity contribution in [1.29, 1.82) is 0 Å². The summed E-state index contributed by atoms with van der Waals surface area (Å²) in [4.78, 5) is 27.7. The van der Waals surface area contributed by atoms with Gasteiger partial charge in [-0.2, -0.15) is 0 Å². The third-order valence-corrected chi connectivity index (χ3v) is 5.67. The molecule has 1 spiro atoms.